The van der Waals surface area contributed by atoms with Crippen LogP contribution in [0.3, 0.4) is 0 Å². The average molecular weight is 332 g/mol. The number of rotatable bonds is 4. The lowest BCUT2D eigenvalue weighted by atomic mass is 10.2. The van der Waals surface area contributed by atoms with Crippen molar-refractivity contribution in [2.45, 2.75) is 13.5 Å². The molecule has 2 aromatic carbocycles. The number of aromatic nitrogens is 3. The first-order valence-electron chi connectivity index (χ1n) is 7.95. The molecule has 6 nitrogen and oxygen atoms in total. The van der Waals surface area contributed by atoms with Gasteiger partial charge in [-0.05, 0) is 42.3 Å². The van der Waals surface area contributed by atoms with Crippen LogP contribution >= 0.6 is 0 Å². The number of nitro groups is 1. The third-order valence-electron chi connectivity index (χ3n) is 4.21. The number of non-ortho nitro benzene ring substituents is 1. The van der Waals surface area contributed by atoms with Gasteiger partial charge >= 0.3 is 0 Å². The molecule has 124 valence electrons. The van der Waals surface area contributed by atoms with Crippen LogP contribution in [0.4, 0.5) is 5.69 Å². The molecular formula is C19H16N4O2. The first kappa shape index (κ1) is 15.1. The van der Waals surface area contributed by atoms with Crippen molar-refractivity contribution in [1.29, 1.82) is 0 Å². The van der Waals surface area contributed by atoms with Crippen molar-refractivity contribution in [1.82, 2.24) is 14.5 Å². The number of imidazole rings is 1. The SMILES string of the molecule is Cc1ccc2nc(-c3cccn3Cc3ccc([N+](=O)[O-])cc3)[nH]c2c1. The first-order valence-corrected chi connectivity index (χ1v) is 7.95. The van der Waals surface area contributed by atoms with Gasteiger partial charge in [-0.2, -0.15) is 0 Å². The van der Waals surface area contributed by atoms with Gasteiger partial charge in [0.15, 0.2) is 5.82 Å². The van der Waals surface area contributed by atoms with Gasteiger partial charge in [0.25, 0.3) is 5.69 Å². The summed E-state index contributed by atoms with van der Waals surface area (Å²) in [5.74, 6) is 0.813. The van der Waals surface area contributed by atoms with E-state index in [-0.39, 0.29) is 10.6 Å². The van der Waals surface area contributed by atoms with E-state index >= 15 is 0 Å². The van der Waals surface area contributed by atoms with Crippen LogP contribution in [0.15, 0.2) is 60.8 Å². The second-order valence-corrected chi connectivity index (χ2v) is 6.05. The number of nitrogens with zero attached hydrogens (tertiary/aromatic N) is 3. The van der Waals surface area contributed by atoms with Gasteiger partial charge in [0.2, 0.25) is 0 Å². The molecule has 0 aliphatic carbocycles. The summed E-state index contributed by atoms with van der Waals surface area (Å²) in [6, 6.07) is 16.7. The Balaban J connectivity index is 1.66. The molecule has 0 amide bonds. The lowest BCUT2D eigenvalue weighted by Gasteiger charge is -2.07. The first-order chi connectivity index (χ1) is 12.1. The molecule has 0 spiro atoms. The lowest BCUT2D eigenvalue weighted by molar-refractivity contribution is -0.384. The molecule has 25 heavy (non-hydrogen) atoms. The third kappa shape index (κ3) is 2.89. The minimum absolute atomic E-state index is 0.101. The van der Waals surface area contributed by atoms with E-state index in [0.717, 1.165) is 28.1 Å². The zero-order chi connectivity index (χ0) is 17.4. The zero-order valence-electron chi connectivity index (χ0n) is 13.6. The molecule has 0 radical (unpaired) electrons. The summed E-state index contributed by atoms with van der Waals surface area (Å²) in [5, 5.41) is 10.8. The number of benzene rings is 2. The van der Waals surface area contributed by atoms with Crippen molar-refractivity contribution in [3.63, 3.8) is 0 Å². The molecule has 0 bridgehead atoms. The van der Waals surface area contributed by atoms with Gasteiger partial charge in [-0.25, -0.2) is 4.98 Å². The van der Waals surface area contributed by atoms with E-state index in [1.807, 2.05) is 30.5 Å². The summed E-state index contributed by atoms with van der Waals surface area (Å²) in [7, 11) is 0. The monoisotopic (exact) mass is 332 g/mol. The van der Waals surface area contributed by atoms with Crippen LogP contribution < -0.4 is 0 Å². The van der Waals surface area contributed by atoms with Crippen LogP contribution in [0.2, 0.25) is 0 Å². The largest absolute Gasteiger partial charge is 0.341 e. The Morgan fingerprint density at radius 2 is 1.96 bits per heavy atom. The fraction of sp³-hybridized carbons (Fsp3) is 0.105. The number of nitrogens with one attached hydrogen (secondary N) is 1. The third-order valence-corrected chi connectivity index (χ3v) is 4.21. The minimum Gasteiger partial charge on any atom is -0.341 e. The summed E-state index contributed by atoms with van der Waals surface area (Å²) in [5.41, 5.74) is 5.21. The van der Waals surface area contributed by atoms with Gasteiger partial charge < -0.3 is 9.55 Å². The fourth-order valence-corrected chi connectivity index (χ4v) is 2.93. The minimum atomic E-state index is -0.388. The van der Waals surface area contributed by atoms with E-state index in [9.17, 15) is 10.1 Å². The highest BCUT2D eigenvalue weighted by atomic mass is 16.6. The van der Waals surface area contributed by atoms with Crippen molar-refractivity contribution in [2.24, 2.45) is 0 Å². The van der Waals surface area contributed by atoms with Crippen molar-refractivity contribution in [3.05, 3.63) is 82.0 Å². The van der Waals surface area contributed by atoms with E-state index in [1.165, 1.54) is 17.7 Å². The van der Waals surface area contributed by atoms with Gasteiger partial charge in [-0.15, -0.1) is 0 Å². The molecule has 4 aromatic rings. The topological polar surface area (TPSA) is 76.8 Å². The molecule has 0 aliphatic rings. The molecule has 6 heteroatoms. The Morgan fingerprint density at radius 1 is 1.16 bits per heavy atom. The number of aryl methyl sites for hydroxylation is 1. The van der Waals surface area contributed by atoms with Crippen molar-refractivity contribution < 1.29 is 4.92 Å². The molecule has 0 unspecified atom stereocenters. The highest BCUT2D eigenvalue weighted by Gasteiger charge is 2.11. The Labute approximate surface area is 143 Å². The molecule has 0 saturated heterocycles. The number of hydrogen-bond donors (Lipinski definition) is 1. The molecule has 0 fully saturated rings. The summed E-state index contributed by atoms with van der Waals surface area (Å²) in [4.78, 5) is 18.4. The zero-order valence-corrected chi connectivity index (χ0v) is 13.6. The second-order valence-electron chi connectivity index (χ2n) is 6.05. The van der Waals surface area contributed by atoms with Crippen LogP contribution in [0, 0.1) is 17.0 Å². The molecule has 2 aromatic heterocycles. The number of nitro benzene ring substituents is 1. The second kappa shape index (κ2) is 5.90. The van der Waals surface area contributed by atoms with E-state index in [0.29, 0.717) is 6.54 Å². The summed E-state index contributed by atoms with van der Waals surface area (Å²) < 4.78 is 2.08. The van der Waals surface area contributed by atoms with Crippen LogP contribution in [-0.2, 0) is 6.54 Å². The number of aromatic amines is 1. The molecule has 2 heterocycles. The molecule has 4 rings (SSSR count). The Kier molecular flexibility index (Phi) is 3.57. The maximum absolute atomic E-state index is 10.8. The summed E-state index contributed by atoms with van der Waals surface area (Å²) in [6.45, 7) is 2.67. The normalized spacial score (nSPS) is 11.1. The van der Waals surface area contributed by atoms with E-state index in [4.69, 9.17) is 0 Å². The highest BCUT2D eigenvalue weighted by molar-refractivity contribution is 5.79. The quantitative estimate of drug-likeness (QED) is 0.447. The maximum atomic E-state index is 10.8. The standard InChI is InChI=1S/C19H16N4O2/c1-13-4-9-16-17(11-13)21-19(20-16)18-3-2-10-22(18)12-14-5-7-15(8-6-14)23(24)25/h2-11H,12H2,1H3,(H,20,21). The van der Waals surface area contributed by atoms with Crippen LogP contribution in [0.25, 0.3) is 22.6 Å². The Bertz CT molecular complexity index is 1060. The summed E-state index contributed by atoms with van der Waals surface area (Å²) >= 11 is 0. The van der Waals surface area contributed by atoms with E-state index in [1.54, 1.807) is 12.1 Å². The number of H-pyrrole nitrogens is 1. The van der Waals surface area contributed by atoms with Crippen LogP contribution in [0.1, 0.15) is 11.1 Å². The van der Waals surface area contributed by atoms with Crippen LogP contribution in [0.5, 0.6) is 0 Å². The van der Waals surface area contributed by atoms with E-state index in [2.05, 4.69) is 27.5 Å². The number of fused-ring (bicyclic) bond motifs is 1. The van der Waals surface area contributed by atoms with Gasteiger partial charge in [0, 0.05) is 24.9 Å². The molecule has 0 atom stereocenters. The van der Waals surface area contributed by atoms with Crippen LogP contribution in [-0.4, -0.2) is 19.5 Å². The van der Waals surface area contributed by atoms with Gasteiger partial charge in [-0.3, -0.25) is 10.1 Å². The molecule has 1 N–H and O–H groups in total. The summed E-state index contributed by atoms with van der Waals surface area (Å²) in [6.07, 6.45) is 1.98. The van der Waals surface area contributed by atoms with Crippen molar-refractivity contribution in [3.8, 4) is 11.5 Å². The lowest BCUT2D eigenvalue weighted by Crippen LogP contribution is -2.01. The molecule has 0 aliphatic heterocycles. The molecular weight excluding hydrogens is 316 g/mol. The van der Waals surface area contributed by atoms with Gasteiger partial charge in [0.05, 0.1) is 21.7 Å². The smallest absolute Gasteiger partial charge is 0.269 e. The average Bonchev–Trinajstić information content (AvgIpc) is 3.21. The highest BCUT2D eigenvalue weighted by Crippen LogP contribution is 2.23. The predicted molar refractivity (Wildman–Crippen MR) is 96.5 cm³/mol. The Hall–Kier alpha value is -3.41. The van der Waals surface area contributed by atoms with Crippen molar-refractivity contribution >= 4 is 16.7 Å². The maximum Gasteiger partial charge on any atom is 0.269 e. The van der Waals surface area contributed by atoms with Gasteiger partial charge in [-0.1, -0.05) is 18.2 Å². The van der Waals surface area contributed by atoms with E-state index < -0.39 is 0 Å². The Morgan fingerprint density at radius 3 is 2.72 bits per heavy atom. The van der Waals surface area contributed by atoms with Crippen molar-refractivity contribution in [2.75, 3.05) is 0 Å². The predicted octanol–water partition coefficient (Wildman–Crippen LogP) is 4.30. The van der Waals surface area contributed by atoms with Gasteiger partial charge in [0.1, 0.15) is 0 Å². The fourth-order valence-electron chi connectivity index (χ4n) is 2.93. The number of hydrogen-bond acceptors (Lipinski definition) is 3. The molecule has 0 saturated carbocycles.